The first-order valence-corrected chi connectivity index (χ1v) is 9.04. The predicted molar refractivity (Wildman–Crippen MR) is 110 cm³/mol. The third-order valence-corrected chi connectivity index (χ3v) is 4.24. The molecular formula is C21H28N4O. The maximum atomic E-state index is 12.1. The van der Waals surface area contributed by atoms with Crippen molar-refractivity contribution in [1.29, 1.82) is 0 Å². The molecular weight excluding hydrogens is 324 g/mol. The van der Waals surface area contributed by atoms with Crippen LogP contribution in [0.15, 0.2) is 53.6 Å². The third-order valence-electron chi connectivity index (χ3n) is 4.24. The zero-order valence-electron chi connectivity index (χ0n) is 16.0. The van der Waals surface area contributed by atoms with Crippen LogP contribution in [-0.2, 0) is 4.79 Å². The second kappa shape index (κ2) is 9.61. The van der Waals surface area contributed by atoms with Gasteiger partial charge in [0.15, 0.2) is 0 Å². The van der Waals surface area contributed by atoms with Crippen LogP contribution in [-0.4, -0.2) is 31.3 Å². The number of nitrogens with zero attached hydrogens (tertiary/aromatic N) is 2. The number of carbonyl (C=O) groups excluding carboxylic acids is 1. The molecule has 0 aliphatic carbocycles. The van der Waals surface area contributed by atoms with E-state index in [1.165, 1.54) is 11.3 Å². The Balaban J connectivity index is 1.86. The van der Waals surface area contributed by atoms with Crippen LogP contribution in [0.25, 0.3) is 0 Å². The molecule has 1 amide bonds. The molecule has 0 spiro atoms. The van der Waals surface area contributed by atoms with Gasteiger partial charge in [-0.05, 0) is 57.5 Å². The molecule has 0 aromatic heterocycles. The minimum Gasteiger partial charge on any atom is -0.374 e. The van der Waals surface area contributed by atoms with Crippen molar-refractivity contribution in [2.75, 3.05) is 23.3 Å². The van der Waals surface area contributed by atoms with E-state index in [0.717, 1.165) is 24.3 Å². The minimum atomic E-state index is -0.375. The number of nitrogens with one attached hydrogen (secondary N) is 2. The lowest BCUT2D eigenvalue weighted by molar-refractivity contribution is -0.121. The SMILES string of the molecule is CCN(CC)c1ccc(/C=N/NC(=O)C(C)Nc2ccc(C)cc2)cc1. The van der Waals surface area contributed by atoms with Gasteiger partial charge in [0.1, 0.15) is 6.04 Å². The maximum absolute atomic E-state index is 12.1. The molecule has 0 aliphatic heterocycles. The Hall–Kier alpha value is -2.82. The van der Waals surface area contributed by atoms with Crippen molar-refractivity contribution in [3.05, 3.63) is 59.7 Å². The largest absolute Gasteiger partial charge is 0.374 e. The van der Waals surface area contributed by atoms with E-state index in [4.69, 9.17) is 0 Å². The number of anilines is 2. The molecule has 0 fully saturated rings. The number of rotatable bonds is 8. The van der Waals surface area contributed by atoms with E-state index in [-0.39, 0.29) is 11.9 Å². The zero-order chi connectivity index (χ0) is 18.9. The highest BCUT2D eigenvalue weighted by molar-refractivity contribution is 5.86. The molecule has 5 nitrogen and oxygen atoms in total. The first-order valence-electron chi connectivity index (χ1n) is 9.04. The van der Waals surface area contributed by atoms with Crippen LogP contribution >= 0.6 is 0 Å². The Morgan fingerprint density at radius 2 is 1.69 bits per heavy atom. The summed E-state index contributed by atoms with van der Waals surface area (Å²) in [6.45, 7) is 10.1. The fraction of sp³-hybridized carbons (Fsp3) is 0.333. The van der Waals surface area contributed by atoms with Crippen molar-refractivity contribution in [2.24, 2.45) is 5.10 Å². The quantitative estimate of drug-likeness (QED) is 0.561. The second-order valence-corrected chi connectivity index (χ2v) is 6.23. The Morgan fingerprint density at radius 1 is 1.08 bits per heavy atom. The fourth-order valence-corrected chi connectivity index (χ4v) is 2.59. The van der Waals surface area contributed by atoms with Crippen LogP contribution in [0.5, 0.6) is 0 Å². The van der Waals surface area contributed by atoms with E-state index < -0.39 is 0 Å². The fourth-order valence-electron chi connectivity index (χ4n) is 2.59. The molecule has 0 heterocycles. The topological polar surface area (TPSA) is 56.7 Å². The Labute approximate surface area is 156 Å². The highest BCUT2D eigenvalue weighted by Gasteiger charge is 2.11. The molecule has 2 aromatic carbocycles. The standard InChI is InChI=1S/C21H28N4O/c1-5-25(6-2)20-13-9-18(10-14-20)15-22-24-21(26)17(4)23-19-11-7-16(3)8-12-19/h7-15,17,23H,5-6H2,1-4H3,(H,24,26)/b22-15+. The normalized spacial score (nSPS) is 12.0. The van der Waals surface area contributed by atoms with E-state index >= 15 is 0 Å². The van der Waals surface area contributed by atoms with E-state index in [1.807, 2.05) is 50.2 Å². The lowest BCUT2D eigenvalue weighted by Crippen LogP contribution is -2.34. The summed E-state index contributed by atoms with van der Waals surface area (Å²) in [7, 11) is 0. The van der Waals surface area contributed by atoms with Gasteiger partial charge >= 0.3 is 0 Å². The highest BCUT2D eigenvalue weighted by Crippen LogP contribution is 2.14. The van der Waals surface area contributed by atoms with Crippen LogP contribution < -0.4 is 15.6 Å². The lowest BCUT2D eigenvalue weighted by Gasteiger charge is -2.20. The van der Waals surface area contributed by atoms with Crippen LogP contribution in [0, 0.1) is 6.92 Å². The number of hydrazone groups is 1. The van der Waals surface area contributed by atoms with E-state index in [1.54, 1.807) is 6.21 Å². The van der Waals surface area contributed by atoms with Crippen LogP contribution in [0.2, 0.25) is 0 Å². The summed E-state index contributed by atoms with van der Waals surface area (Å²) in [6.07, 6.45) is 1.66. The van der Waals surface area contributed by atoms with Gasteiger partial charge in [0.05, 0.1) is 6.21 Å². The summed E-state index contributed by atoms with van der Waals surface area (Å²) >= 11 is 0. The highest BCUT2D eigenvalue weighted by atomic mass is 16.2. The molecule has 2 N–H and O–H groups in total. The Morgan fingerprint density at radius 3 is 2.27 bits per heavy atom. The van der Waals surface area contributed by atoms with Crippen molar-refractivity contribution in [3.63, 3.8) is 0 Å². The average molecular weight is 352 g/mol. The molecule has 2 rings (SSSR count). The number of hydrogen-bond acceptors (Lipinski definition) is 4. The molecule has 0 radical (unpaired) electrons. The summed E-state index contributed by atoms with van der Waals surface area (Å²) in [5.41, 5.74) is 6.81. The number of hydrogen-bond donors (Lipinski definition) is 2. The summed E-state index contributed by atoms with van der Waals surface area (Å²) in [5.74, 6) is -0.179. The van der Waals surface area contributed by atoms with Gasteiger partial charge in [0.25, 0.3) is 5.91 Å². The maximum Gasteiger partial charge on any atom is 0.262 e. The first kappa shape index (κ1) is 19.5. The number of benzene rings is 2. The van der Waals surface area contributed by atoms with Gasteiger partial charge < -0.3 is 10.2 Å². The molecule has 1 unspecified atom stereocenters. The molecule has 2 aromatic rings. The molecule has 1 atom stereocenters. The van der Waals surface area contributed by atoms with Crippen molar-refractivity contribution >= 4 is 23.5 Å². The summed E-state index contributed by atoms with van der Waals surface area (Å²) < 4.78 is 0. The van der Waals surface area contributed by atoms with Crippen molar-refractivity contribution in [1.82, 2.24) is 5.43 Å². The van der Waals surface area contributed by atoms with Gasteiger partial charge in [0, 0.05) is 24.5 Å². The van der Waals surface area contributed by atoms with Gasteiger partial charge in [-0.3, -0.25) is 4.79 Å². The molecule has 138 valence electrons. The van der Waals surface area contributed by atoms with Crippen molar-refractivity contribution in [2.45, 2.75) is 33.7 Å². The van der Waals surface area contributed by atoms with E-state index in [9.17, 15) is 4.79 Å². The summed E-state index contributed by atoms with van der Waals surface area (Å²) in [6, 6.07) is 15.7. The second-order valence-electron chi connectivity index (χ2n) is 6.23. The molecule has 5 heteroatoms. The van der Waals surface area contributed by atoms with Gasteiger partial charge in [-0.15, -0.1) is 0 Å². The first-order chi connectivity index (χ1) is 12.5. The lowest BCUT2D eigenvalue weighted by atomic mass is 10.2. The zero-order valence-corrected chi connectivity index (χ0v) is 16.0. The van der Waals surface area contributed by atoms with Crippen molar-refractivity contribution < 1.29 is 4.79 Å². The van der Waals surface area contributed by atoms with Gasteiger partial charge in [-0.1, -0.05) is 29.8 Å². The van der Waals surface area contributed by atoms with Crippen LogP contribution in [0.4, 0.5) is 11.4 Å². The Bertz CT molecular complexity index is 719. The minimum absolute atomic E-state index is 0.179. The average Bonchev–Trinajstić information content (AvgIpc) is 2.65. The molecule has 26 heavy (non-hydrogen) atoms. The van der Waals surface area contributed by atoms with Crippen LogP contribution in [0.3, 0.4) is 0 Å². The molecule has 0 saturated heterocycles. The van der Waals surface area contributed by atoms with Gasteiger partial charge in [-0.2, -0.15) is 5.10 Å². The van der Waals surface area contributed by atoms with E-state index in [2.05, 4.69) is 46.7 Å². The predicted octanol–water partition coefficient (Wildman–Crippen LogP) is 3.79. The Kier molecular flexibility index (Phi) is 7.21. The van der Waals surface area contributed by atoms with Crippen LogP contribution in [0.1, 0.15) is 31.9 Å². The number of aryl methyl sites for hydroxylation is 1. The smallest absolute Gasteiger partial charge is 0.262 e. The molecule has 0 bridgehead atoms. The van der Waals surface area contributed by atoms with E-state index in [0.29, 0.717) is 0 Å². The molecule has 0 aliphatic rings. The van der Waals surface area contributed by atoms with Crippen molar-refractivity contribution in [3.8, 4) is 0 Å². The summed E-state index contributed by atoms with van der Waals surface area (Å²) in [5, 5.41) is 7.21. The third kappa shape index (κ3) is 5.62. The monoisotopic (exact) mass is 352 g/mol. The van der Waals surface area contributed by atoms with Gasteiger partial charge in [0.2, 0.25) is 0 Å². The molecule has 0 saturated carbocycles. The number of amides is 1. The number of carbonyl (C=O) groups is 1. The van der Waals surface area contributed by atoms with Gasteiger partial charge in [-0.25, -0.2) is 5.43 Å². The summed E-state index contributed by atoms with van der Waals surface area (Å²) in [4.78, 5) is 14.4.